The van der Waals surface area contributed by atoms with Crippen LogP contribution in [0, 0.1) is 0 Å². The van der Waals surface area contributed by atoms with Gasteiger partial charge in [-0.2, -0.15) is 0 Å². The molecule has 0 aliphatic carbocycles. The van der Waals surface area contributed by atoms with Crippen LogP contribution in [0.2, 0.25) is 5.02 Å². The van der Waals surface area contributed by atoms with Crippen molar-refractivity contribution < 1.29 is 8.42 Å². The van der Waals surface area contributed by atoms with E-state index in [1.165, 1.54) is 18.2 Å². The van der Waals surface area contributed by atoms with Gasteiger partial charge in [0.1, 0.15) is 4.90 Å². The first-order chi connectivity index (χ1) is 9.40. The lowest BCUT2D eigenvalue weighted by molar-refractivity contribution is 0.293. The predicted octanol–water partition coefficient (Wildman–Crippen LogP) is 1.93. The summed E-state index contributed by atoms with van der Waals surface area (Å²) in [7, 11) is -3.59. The third kappa shape index (κ3) is 4.94. The number of hydrogen-bond acceptors (Lipinski definition) is 4. The van der Waals surface area contributed by atoms with Gasteiger partial charge in [0, 0.05) is 18.1 Å². The summed E-state index contributed by atoms with van der Waals surface area (Å²) < 4.78 is 26.8. The minimum atomic E-state index is -3.59. The Kier molecular flexibility index (Phi) is 6.75. The highest BCUT2D eigenvalue weighted by Crippen LogP contribution is 2.21. The molecular weight excluding hydrogens is 298 g/mol. The molecule has 1 aromatic rings. The van der Waals surface area contributed by atoms with Crippen molar-refractivity contribution in [1.82, 2.24) is 9.62 Å². The van der Waals surface area contributed by atoms with Gasteiger partial charge in [0.05, 0.1) is 5.69 Å². The summed E-state index contributed by atoms with van der Waals surface area (Å²) in [4.78, 5) is 2.26. The van der Waals surface area contributed by atoms with Crippen molar-refractivity contribution in [1.29, 1.82) is 0 Å². The molecule has 114 valence electrons. The fourth-order valence-corrected chi connectivity index (χ4v) is 3.24. The number of rotatable bonds is 8. The predicted molar refractivity (Wildman–Crippen MR) is 83.5 cm³/mol. The van der Waals surface area contributed by atoms with E-state index in [1.807, 2.05) is 0 Å². The Labute approximate surface area is 126 Å². The van der Waals surface area contributed by atoms with Gasteiger partial charge < -0.3 is 10.6 Å². The summed E-state index contributed by atoms with van der Waals surface area (Å²) in [6, 6.07) is 4.37. The Morgan fingerprint density at radius 1 is 1.30 bits per heavy atom. The monoisotopic (exact) mass is 319 g/mol. The molecule has 5 nitrogen and oxygen atoms in total. The van der Waals surface area contributed by atoms with E-state index in [1.54, 1.807) is 0 Å². The number of nitrogens with one attached hydrogen (secondary N) is 1. The highest BCUT2D eigenvalue weighted by Gasteiger charge is 2.17. The topological polar surface area (TPSA) is 75.4 Å². The van der Waals surface area contributed by atoms with Gasteiger partial charge in [0.25, 0.3) is 0 Å². The first-order valence-corrected chi connectivity index (χ1v) is 8.53. The highest BCUT2D eigenvalue weighted by atomic mass is 35.5. The molecular formula is C13H22ClN3O2S. The van der Waals surface area contributed by atoms with Crippen LogP contribution in [0.1, 0.15) is 20.3 Å². The van der Waals surface area contributed by atoms with Gasteiger partial charge in [-0.3, -0.25) is 0 Å². The van der Waals surface area contributed by atoms with Crippen LogP contribution >= 0.6 is 11.6 Å². The van der Waals surface area contributed by atoms with E-state index in [0.717, 1.165) is 19.5 Å². The molecule has 0 aromatic heterocycles. The van der Waals surface area contributed by atoms with Gasteiger partial charge in [-0.1, -0.05) is 25.4 Å². The molecule has 0 amide bonds. The van der Waals surface area contributed by atoms with E-state index in [0.29, 0.717) is 18.1 Å². The fraction of sp³-hybridized carbons (Fsp3) is 0.538. The van der Waals surface area contributed by atoms with Crippen LogP contribution in [0.3, 0.4) is 0 Å². The van der Waals surface area contributed by atoms with Gasteiger partial charge in [-0.05, 0) is 37.7 Å². The minimum Gasteiger partial charge on any atom is -0.398 e. The lowest BCUT2D eigenvalue weighted by Crippen LogP contribution is -2.35. The highest BCUT2D eigenvalue weighted by molar-refractivity contribution is 7.89. The van der Waals surface area contributed by atoms with Crippen molar-refractivity contribution in [2.24, 2.45) is 0 Å². The average molecular weight is 320 g/mol. The summed E-state index contributed by atoms with van der Waals surface area (Å²) in [6.07, 6.45) is 1.05. The number of nitrogen functional groups attached to an aromatic ring is 1. The number of sulfonamides is 1. The standard InChI is InChI=1S/C13H22ClN3O2S/c1-3-8-17(4-2)9-7-16-20(18,19)13-6-5-11(14)10-12(13)15/h5-6,10,16H,3-4,7-9,15H2,1-2H3. The molecule has 0 fully saturated rings. The molecule has 7 heteroatoms. The van der Waals surface area contributed by atoms with Crippen LogP contribution in [-0.4, -0.2) is 39.5 Å². The van der Waals surface area contributed by atoms with Gasteiger partial charge in [0.15, 0.2) is 0 Å². The van der Waals surface area contributed by atoms with E-state index in [2.05, 4.69) is 23.5 Å². The third-order valence-electron chi connectivity index (χ3n) is 2.97. The minimum absolute atomic E-state index is 0.0699. The number of likely N-dealkylation sites (N-methyl/N-ethyl adjacent to an activating group) is 1. The van der Waals surface area contributed by atoms with E-state index < -0.39 is 10.0 Å². The van der Waals surface area contributed by atoms with Crippen LogP contribution < -0.4 is 10.5 Å². The molecule has 0 radical (unpaired) electrons. The Morgan fingerprint density at radius 3 is 2.55 bits per heavy atom. The molecule has 20 heavy (non-hydrogen) atoms. The van der Waals surface area contributed by atoms with Gasteiger partial charge in [0.2, 0.25) is 10.0 Å². The van der Waals surface area contributed by atoms with Gasteiger partial charge in [-0.25, -0.2) is 13.1 Å². The molecule has 0 saturated carbocycles. The van der Waals surface area contributed by atoms with Crippen molar-refractivity contribution in [3.63, 3.8) is 0 Å². The van der Waals surface area contributed by atoms with Crippen LogP contribution in [-0.2, 0) is 10.0 Å². The lowest BCUT2D eigenvalue weighted by atomic mass is 10.3. The molecule has 0 aliphatic rings. The molecule has 0 unspecified atom stereocenters. The van der Waals surface area contributed by atoms with Crippen LogP contribution in [0.5, 0.6) is 0 Å². The number of halogens is 1. The van der Waals surface area contributed by atoms with Crippen LogP contribution in [0.25, 0.3) is 0 Å². The molecule has 3 N–H and O–H groups in total. The Bertz CT molecular complexity index is 534. The van der Waals surface area contributed by atoms with Gasteiger partial charge >= 0.3 is 0 Å². The molecule has 0 aliphatic heterocycles. The zero-order valence-corrected chi connectivity index (χ0v) is 13.5. The zero-order chi connectivity index (χ0) is 15.2. The molecule has 0 bridgehead atoms. The average Bonchev–Trinajstić information content (AvgIpc) is 2.37. The second-order valence-corrected chi connectivity index (χ2v) is 6.69. The molecule has 0 saturated heterocycles. The van der Waals surface area contributed by atoms with Crippen molar-refractivity contribution >= 4 is 27.3 Å². The number of hydrogen-bond donors (Lipinski definition) is 2. The zero-order valence-electron chi connectivity index (χ0n) is 11.9. The SMILES string of the molecule is CCCN(CC)CCNS(=O)(=O)c1ccc(Cl)cc1N. The van der Waals surface area contributed by atoms with Gasteiger partial charge in [-0.15, -0.1) is 0 Å². The summed E-state index contributed by atoms with van der Waals surface area (Å²) in [5.74, 6) is 0. The van der Waals surface area contributed by atoms with Crippen LogP contribution in [0.4, 0.5) is 5.69 Å². The Morgan fingerprint density at radius 2 is 2.00 bits per heavy atom. The summed E-state index contributed by atoms with van der Waals surface area (Å²) in [5.41, 5.74) is 5.86. The third-order valence-corrected chi connectivity index (χ3v) is 4.74. The molecule has 0 spiro atoms. The number of nitrogens with zero attached hydrogens (tertiary/aromatic N) is 1. The molecule has 1 rings (SSSR count). The molecule has 1 aromatic carbocycles. The summed E-state index contributed by atoms with van der Waals surface area (Å²) in [6.45, 7) is 7.05. The Balaban J connectivity index is 2.66. The number of nitrogens with two attached hydrogens (primary N) is 1. The van der Waals surface area contributed by atoms with Crippen molar-refractivity contribution in [2.45, 2.75) is 25.2 Å². The maximum Gasteiger partial charge on any atom is 0.242 e. The second-order valence-electron chi connectivity index (χ2n) is 4.51. The largest absolute Gasteiger partial charge is 0.398 e. The smallest absolute Gasteiger partial charge is 0.242 e. The number of anilines is 1. The maximum absolute atomic E-state index is 12.1. The molecule has 0 heterocycles. The number of benzene rings is 1. The van der Waals surface area contributed by atoms with E-state index >= 15 is 0 Å². The maximum atomic E-state index is 12.1. The lowest BCUT2D eigenvalue weighted by Gasteiger charge is -2.19. The second kappa shape index (κ2) is 7.83. The first-order valence-electron chi connectivity index (χ1n) is 6.67. The van der Waals surface area contributed by atoms with E-state index in [4.69, 9.17) is 17.3 Å². The van der Waals surface area contributed by atoms with Crippen molar-refractivity contribution in [2.75, 3.05) is 31.9 Å². The van der Waals surface area contributed by atoms with E-state index in [9.17, 15) is 8.42 Å². The van der Waals surface area contributed by atoms with Crippen LogP contribution in [0.15, 0.2) is 23.1 Å². The summed E-state index contributed by atoms with van der Waals surface area (Å²) >= 11 is 5.76. The summed E-state index contributed by atoms with van der Waals surface area (Å²) in [5, 5.41) is 0.418. The van der Waals surface area contributed by atoms with Crippen molar-refractivity contribution in [3.8, 4) is 0 Å². The Hall–Kier alpha value is -0.820. The fourth-order valence-electron chi connectivity index (χ4n) is 1.92. The quantitative estimate of drug-likeness (QED) is 0.718. The van der Waals surface area contributed by atoms with Crippen molar-refractivity contribution in [3.05, 3.63) is 23.2 Å². The normalized spacial score (nSPS) is 12.0. The van der Waals surface area contributed by atoms with E-state index in [-0.39, 0.29) is 10.6 Å². The first kappa shape index (κ1) is 17.2. The molecule has 0 atom stereocenters.